The van der Waals surface area contributed by atoms with E-state index in [2.05, 4.69) is 20.9 Å². The third kappa shape index (κ3) is 6.36. The average molecular weight is 387 g/mol. The molecule has 1 aliphatic rings. The summed E-state index contributed by atoms with van der Waals surface area (Å²) in [6.45, 7) is 2.75. The summed E-state index contributed by atoms with van der Waals surface area (Å²) < 4.78 is 0. The fraction of sp³-hybridized carbons (Fsp3) is 0.450. The number of aryl methyl sites for hydroxylation is 1. The monoisotopic (exact) mass is 386 g/mol. The number of nitrogens with one attached hydrogen (secondary N) is 3. The van der Waals surface area contributed by atoms with Crippen LogP contribution in [0.15, 0.2) is 29.6 Å². The van der Waals surface area contributed by atoms with Crippen LogP contribution in [0.3, 0.4) is 0 Å². The third-order valence-corrected chi connectivity index (χ3v) is 5.54. The Balaban J connectivity index is 1.42. The summed E-state index contributed by atoms with van der Waals surface area (Å²) in [5.74, 6) is 0.599. The van der Waals surface area contributed by atoms with E-state index < -0.39 is 0 Å². The number of hydrogen-bond acceptors (Lipinski definition) is 4. The molecular formula is C20H26N4O2S. The first-order chi connectivity index (χ1) is 13.1. The minimum Gasteiger partial charge on any atom is -0.355 e. The quantitative estimate of drug-likeness (QED) is 0.691. The van der Waals surface area contributed by atoms with Crippen LogP contribution in [0.25, 0.3) is 0 Å². The molecule has 1 aromatic heterocycles. The van der Waals surface area contributed by atoms with Crippen LogP contribution in [0, 0.1) is 12.8 Å². The second-order valence-electron chi connectivity index (χ2n) is 7.07. The molecule has 2 aromatic rings. The van der Waals surface area contributed by atoms with Crippen molar-refractivity contribution in [3.63, 3.8) is 0 Å². The number of nitrogens with zero attached hydrogens (tertiary/aromatic N) is 1. The molecule has 7 heteroatoms. The molecule has 3 rings (SSSR count). The smallest absolute Gasteiger partial charge is 0.325 e. The van der Waals surface area contributed by atoms with Crippen LogP contribution in [-0.4, -0.2) is 23.5 Å². The molecule has 0 atom stereocenters. The lowest BCUT2D eigenvalue weighted by Crippen LogP contribution is -2.31. The molecule has 1 aromatic carbocycles. The van der Waals surface area contributed by atoms with Gasteiger partial charge in [0.2, 0.25) is 5.91 Å². The number of hydrogen-bond donors (Lipinski definition) is 3. The van der Waals surface area contributed by atoms with Crippen molar-refractivity contribution in [1.29, 1.82) is 0 Å². The number of rotatable bonds is 6. The lowest BCUT2D eigenvalue weighted by atomic mass is 9.89. The Morgan fingerprint density at radius 2 is 1.85 bits per heavy atom. The molecular weight excluding hydrogens is 360 g/mol. The standard InChI is InChI=1S/C20H26N4O2S/c1-14-7-9-16(10-8-14)22-19(26)24-20-23-17(13-27-20)11-18(25)21-12-15-5-3-2-4-6-15/h7-10,13,15H,2-6,11-12H2,1H3,(H,21,25)(H2,22,23,24,26). The number of anilines is 2. The zero-order valence-corrected chi connectivity index (χ0v) is 16.4. The topological polar surface area (TPSA) is 83.1 Å². The lowest BCUT2D eigenvalue weighted by molar-refractivity contribution is -0.120. The van der Waals surface area contributed by atoms with Crippen molar-refractivity contribution in [3.05, 3.63) is 40.9 Å². The van der Waals surface area contributed by atoms with Gasteiger partial charge in [-0.2, -0.15) is 0 Å². The first-order valence-electron chi connectivity index (χ1n) is 9.44. The Morgan fingerprint density at radius 3 is 2.59 bits per heavy atom. The van der Waals surface area contributed by atoms with Gasteiger partial charge in [-0.05, 0) is 37.8 Å². The molecule has 1 saturated carbocycles. The van der Waals surface area contributed by atoms with Crippen molar-refractivity contribution in [3.8, 4) is 0 Å². The molecule has 1 fully saturated rings. The summed E-state index contributed by atoms with van der Waals surface area (Å²) in [6, 6.07) is 7.21. The van der Waals surface area contributed by atoms with Crippen LogP contribution in [0.2, 0.25) is 0 Å². The SMILES string of the molecule is Cc1ccc(NC(=O)Nc2nc(CC(=O)NCC3CCCCC3)cs2)cc1. The summed E-state index contributed by atoms with van der Waals surface area (Å²) in [5, 5.41) is 10.8. The molecule has 144 valence electrons. The van der Waals surface area contributed by atoms with Crippen molar-refractivity contribution in [1.82, 2.24) is 10.3 Å². The number of amides is 3. The van der Waals surface area contributed by atoms with Gasteiger partial charge >= 0.3 is 6.03 Å². The summed E-state index contributed by atoms with van der Waals surface area (Å²) in [5.41, 5.74) is 2.52. The van der Waals surface area contributed by atoms with Crippen molar-refractivity contribution in [2.24, 2.45) is 5.92 Å². The summed E-state index contributed by atoms with van der Waals surface area (Å²) in [6.07, 6.45) is 6.52. The molecule has 0 bridgehead atoms. The Bertz CT molecular complexity index is 767. The summed E-state index contributed by atoms with van der Waals surface area (Å²) in [4.78, 5) is 28.5. The highest BCUT2D eigenvalue weighted by Crippen LogP contribution is 2.23. The van der Waals surface area contributed by atoms with Crippen LogP contribution in [-0.2, 0) is 11.2 Å². The van der Waals surface area contributed by atoms with Gasteiger partial charge in [0.05, 0.1) is 12.1 Å². The van der Waals surface area contributed by atoms with E-state index in [1.807, 2.05) is 36.6 Å². The van der Waals surface area contributed by atoms with E-state index >= 15 is 0 Å². The van der Waals surface area contributed by atoms with Crippen molar-refractivity contribution in [2.45, 2.75) is 45.4 Å². The molecule has 0 unspecified atom stereocenters. The van der Waals surface area contributed by atoms with E-state index in [9.17, 15) is 9.59 Å². The Labute approximate surface area is 163 Å². The molecule has 3 amide bonds. The van der Waals surface area contributed by atoms with Crippen LogP contribution in [0.5, 0.6) is 0 Å². The number of thiazole rings is 1. The molecule has 27 heavy (non-hydrogen) atoms. The average Bonchev–Trinajstić information content (AvgIpc) is 3.09. The Kier molecular flexibility index (Phi) is 6.81. The van der Waals surface area contributed by atoms with Gasteiger partial charge in [-0.25, -0.2) is 9.78 Å². The number of carbonyl (C=O) groups excluding carboxylic acids is 2. The third-order valence-electron chi connectivity index (χ3n) is 4.74. The minimum absolute atomic E-state index is 0.0125. The van der Waals surface area contributed by atoms with Gasteiger partial charge in [0.1, 0.15) is 0 Å². The second-order valence-corrected chi connectivity index (χ2v) is 7.93. The maximum absolute atomic E-state index is 12.1. The van der Waals surface area contributed by atoms with Crippen LogP contribution in [0.4, 0.5) is 15.6 Å². The number of carbonyl (C=O) groups is 2. The van der Waals surface area contributed by atoms with Gasteiger partial charge in [0.15, 0.2) is 5.13 Å². The van der Waals surface area contributed by atoms with Gasteiger partial charge in [0, 0.05) is 17.6 Å². The van der Waals surface area contributed by atoms with Crippen molar-refractivity contribution < 1.29 is 9.59 Å². The summed E-state index contributed by atoms with van der Waals surface area (Å²) in [7, 11) is 0. The fourth-order valence-electron chi connectivity index (χ4n) is 3.22. The first-order valence-corrected chi connectivity index (χ1v) is 10.3. The Hall–Kier alpha value is -2.41. The maximum atomic E-state index is 12.1. The molecule has 3 N–H and O–H groups in total. The molecule has 1 heterocycles. The highest BCUT2D eigenvalue weighted by molar-refractivity contribution is 7.14. The zero-order valence-electron chi connectivity index (χ0n) is 15.6. The van der Waals surface area contributed by atoms with E-state index in [4.69, 9.17) is 0 Å². The minimum atomic E-state index is -0.346. The van der Waals surface area contributed by atoms with Gasteiger partial charge in [-0.3, -0.25) is 10.1 Å². The van der Waals surface area contributed by atoms with Gasteiger partial charge < -0.3 is 10.6 Å². The molecule has 0 radical (unpaired) electrons. The maximum Gasteiger partial charge on any atom is 0.325 e. The highest BCUT2D eigenvalue weighted by atomic mass is 32.1. The number of aromatic nitrogens is 1. The second kappa shape index (κ2) is 9.50. The molecule has 0 spiro atoms. The van der Waals surface area contributed by atoms with E-state index in [1.165, 1.54) is 43.4 Å². The number of urea groups is 1. The Morgan fingerprint density at radius 1 is 1.11 bits per heavy atom. The van der Waals surface area contributed by atoms with Gasteiger partial charge in [0.25, 0.3) is 0 Å². The van der Waals surface area contributed by atoms with E-state index in [-0.39, 0.29) is 18.4 Å². The zero-order chi connectivity index (χ0) is 19.1. The predicted molar refractivity (Wildman–Crippen MR) is 109 cm³/mol. The predicted octanol–water partition coefficient (Wildman–Crippen LogP) is 4.33. The highest BCUT2D eigenvalue weighted by Gasteiger charge is 2.15. The van der Waals surface area contributed by atoms with Crippen LogP contribution >= 0.6 is 11.3 Å². The first kappa shape index (κ1) is 19.4. The van der Waals surface area contributed by atoms with Crippen molar-refractivity contribution in [2.75, 3.05) is 17.2 Å². The molecule has 6 nitrogen and oxygen atoms in total. The largest absolute Gasteiger partial charge is 0.355 e. The van der Waals surface area contributed by atoms with E-state index in [0.29, 0.717) is 16.7 Å². The van der Waals surface area contributed by atoms with Gasteiger partial charge in [-0.1, -0.05) is 37.0 Å². The van der Waals surface area contributed by atoms with Gasteiger partial charge in [-0.15, -0.1) is 11.3 Å². The number of benzene rings is 1. The normalized spacial score (nSPS) is 14.6. The van der Waals surface area contributed by atoms with Crippen molar-refractivity contribution >= 4 is 34.1 Å². The van der Waals surface area contributed by atoms with Crippen LogP contribution < -0.4 is 16.0 Å². The molecule has 1 aliphatic carbocycles. The van der Waals surface area contributed by atoms with E-state index in [1.54, 1.807) is 0 Å². The fourth-order valence-corrected chi connectivity index (χ4v) is 3.92. The molecule has 0 saturated heterocycles. The van der Waals surface area contributed by atoms with Crippen LogP contribution in [0.1, 0.15) is 43.4 Å². The summed E-state index contributed by atoms with van der Waals surface area (Å²) >= 11 is 1.32. The lowest BCUT2D eigenvalue weighted by Gasteiger charge is -2.21. The molecule has 0 aliphatic heterocycles. The van der Waals surface area contributed by atoms with E-state index in [0.717, 1.165) is 17.8 Å².